The molecule has 3 saturated heterocycles. The van der Waals surface area contributed by atoms with E-state index in [0.29, 0.717) is 18.6 Å². The predicted molar refractivity (Wildman–Crippen MR) is 185 cm³/mol. The highest BCUT2D eigenvalue weighted by atomic mass is 16.7. The lowest BCUT2D eigenvalue weighted by molar-refractivity contribution is -0.583. The van der Waals surface area contributed by atoms with Crippen molar-refractivity contribution in [1.29, 1.82) is 0 Å². The monoisotopic (exact) mass is 710 g/mol. The van der Waals surface area contributed by atoms with Gasteiger partial charge < -0.3 is 38.5 Å². The van der Waals surface area contributed by atoms with Gasteiger partial charge in [-0.2, -0.15) is 9.75 Å². The van der Waals surface area contributed by atoms with Gasteiger partial charge in [-0.15, -0.1) is 0 Å². The lowest BCUT2D eigenvalue weighted by Gasteiger charge is -2.47. The number of nitrogens with zero attached hydrogens (tertiary/aromatic N) is 4. The van der Waals surface area contributed by atoms with Crippen LogP contribution in [0.2, 0.25) is 0 Å². The summed E-state index contributed by atoms with van der Waals surface area (Å²) in [5, 5.41) is 17.7. The van der Waals surface area contributed by atoms with Gasteiger partial charge in [-0.25, -0.2) is 9.80 Å². The van der Waals surface area contributed by atoms with E-state index >= 15 is 0 Å². The quantitative estimate of drug-likeness (QED) is 0.171. The van der Waals surface area contributed by atoms with E-state index in [0.717, 1.165) is 4.74 Å². The number of hydrogen-bond acceptors (Lipinski definition) is 12. The number of Topliss-reactive ketones (excluding diaryl/α,β-unsaturated/α-hetero) is 1. The summed E-state index contributed by atoms with van der Waals surface area (Å²) in [6.07, 6.45) is -2.73. The molecule has 4 aliphatic heterocycles. The van der Waals surface area contributed by atoms with Gasteiger partial charge in [0, 0.05) is 53.0 Å². The molecule has 4 aliphatic rings. The van der Waals surface area contributed by atoms with Crippen LogP contribution in [0.25, 0.3) is 0 Å². The van der Waals surface area contributed by atoms with Gasteiger partial charge in [0.15, 0.2) is 23.4 Å². The summed E-state index contributed by atoms with van der Waals surface area (Å²) in [5.74, 6) is -4.16. The molecular weight excluding hydrogens is 648 g/mol. The molecule has 14 heteroatoms. The zero-order chi connectivity index (χ0) is 37.8. The molecular formula is C36H62N4O10. The Labute approximate surface area is 298 Å². The van der Waals surface area contributed by atoms with Crippen molar-refractivity contribution in [3.63, 3.8) is 0 Å². The van der Waals surface area contributed by atoms with Crippen molar-refractivity contribution in [3.8, 4) is 0 Å². The molecule has 0 aromatic carbocycles. The molecule has 0 aromatic rings. The Balaban J connectivity index is 1.93. The SMILES string of the molecule is CC[C@H]1OC(=O)C(C)C(=O)C(C)C(OC2OC(C)CC(N(C)C)C2OC)C(C)(OC)CC(C)C2=[N+]([O-])C(C)(C)N(C)N3C(=O)OC1(C)[C@H]3[C@H]2C. The number of likely N-dealkylation sites (N-methyl/N-ethyl adjacent to an activating group) is 1. The van der Waals surface area contributed by atoms with Crippen LogP contribution in [-0.2, 0) is 38.0 Å². The van der Waals surface area contributed by atoms with Crippen LogP contribution in [0.5, 0.6) is 0 Å². The Kier molecular flexibility index (Phi) is 11.8. The minimum absolute atomic E-state index is 0.0323. The lowest BCUT2D eigenvalue weighted by atomic mass is 9.73. The fraction of sp³-hybridized carbons (Fsp3) is 0.889. The van der Waals surface area contributed by atoms with E-state index < -0.39 is 89.0 Å². The van der Waals surface area contributed by atoms with Crippen molar-refractivity contribution >= 4 is 23.6 Å². The lowest BCUT2D eigenvalue weighted by Crippen LogP contribution is -2.61. The largest absolute Gasteiger partial charge is 0.622 e. The molecule has 0 radical (unpaired) electrons. The van der Waals surface area contributed by atoms with Crippen LogP contribution in [0.15, 0.2) is 0 Å². The number of ketones is 1. The van der Waals surface area contributed by atoms with Crippen molar-refractivity contribution in [3.05, 3.63) is 5.21 Å². The Bertz CT molecular complexity index is 1330. The van der Waals surface area contributed by atoms with Gasteiger partial charge in [0.2, 0.25) is 5.66 Å². The van der Waals surface area contributed by atoms with Crippen molar-refractivity contribution in [2.45, 2.75) is 148 Å². The summed E-state index contributed by atoms with van der Waals surface area (Å²) >= 11 is 0. The van der Waals surface area contributed by atoms with Crippen LogP contribution in [-0.4, -0.2) is 138 Å². The van der Waals surface area contributed by atoms with E-state index in [-0.39, 0.29) is 18.6 Å². The minimum Gasteiger partial charge on any atom is -0.622 e. The third kappa shape index (κ3) is 6.68. The van der Waals surface area contributed by atoms with Gasteiger partial charge in [-0.3, -0.25) is 9.59 Å². The van der Waals surface area contributed by atoms with Crippen LogP contribution in [0.4, 0.5) is 4.79 Å². The zero-order valence-electron chi connectivity index (χ0n) is 32.8. The summed E-state index contributed by atoms with van der Waals surface area (Å²) in [5.41, 5.74) is -3.20. The molecule has 2 bridgehead atoms. The zero-order valence-corrected chi connectivity index (χ0v) is 32.8. The number of carbonyl (C=O) groups is 3. The molecule has 286 valence electrons. The van der Waals surface area contributed by atoms with Crippen LogP contribution < -0.4 is 0 Å². The molecule has 4 rings (SSSR count). The Morgan fingerprint density at radius 1 is 1.02 bits per heavy atom. The van der Waals surface area contributed by atoms with Gasteiger partial charge in [-0.05, 0) is 61.1 Å². The maximum Gasteiger partial charge on any atom is 0.425 e. The summed E-state index contributed by atoms with van der Waals surface area (Å²) < 4.78 is 38.8. The van der Waals surface area contributed by atoms with E-state index in [1.165, 1.54) is 11.9 Å². The van der Waals surface area contributed by atoms with E-state index in [1.54, 1.807) is 54.0 Å². The van der Waals surface area contributed by atoms with Crippen LogP contribution in [0.3, 0.4) is 0 Å². The number of methoxy groups -OCH3 is 2. The first-order valence-corrected chi connectivity index (χ1v) is 18.0. The first kappa shape index (κ1) is 40.4. The number of hydrogen-bond donors (Lipinski definition) is 0. The molecule has 3 fully saturated rings. The minimum atomic E-state index is -1.34. The number of amides is 1. The number of hydroxylamine groups is 1. The van der Waals surface area contributed by atoms with Crippen LogP contribution in [0.1, 0.15) is 88.5 Å². The van der Waals surface area contributed by atoms with Crippen molar-refractivity contribution in [2.75, 3.05) is 35.4 Å². The van der Waals surface area contributed by atoms with E-state index in [1.807, 2.05) is 48.7 Å². The number of carbonyl (C=O) groups excluding carboxylic acids is 3. The highest BCUT2D eigenvalue weighted by molar-refractivity contribution is 6.00. The van der Waals surface area contributed by atoms with E-state index in [4.69, 9.17) is 28.4 Å². The maximum absolute atomic E-state index is 14.6. The number of esters is 1. The highest BCUT2D eigenvalue weighted by Crippen LogP contribution is 2.46. The molecule has 0 spiro atoms. The van der Waals surface area contributed by atoms with Gasteiger partial charge in [-0.1, -0.05) is 27.7 Å². The third-order valence-corrected chi connectivity index (χ3v) is 12.2. The topological polar surface area (TPSA) is 142 Å². The van der Waals surface area contributed by atoms with Crippen LogP contribution >= 0.6 is 0 Å². The average molecular weight is 711 g/mol. The Hall–Kier alpha value is -2.36. The van der Waals surface area contributed by atoms with Crippen LogP contribution in [0, 0.1) is 28.9 Å². The first-order chi connectivity index (χ1) is 23.1. The number of hydrazine groups is 1. The van der Waals surface area contributed by atoms with Crippen molar-refractivity contribution < 1.29 is 47.5 Å². The fourth-order valence-electron chi connectivity index (χ4n) is 9.00. The third-order valence-electron chi connectivity index (χ3n) is 12.2. The van der Waals surface area contributed by atoms with Crippen molar-refractivity contribution in [1.82, 2.24) is 14.9 Å². The van der Waals surface area contributed by atoms with E-state index in [2.05, 4.69) is 4.90 Å². The highest BCUT2D eigenvalue weighted by Gasteiger charge is 2.65. The molecule has 50 heavy (non-hydrogen) atoms. The van der Waals surface area contributed by atoms with Gasteiger partial charge in [0.1, 0.15) is 24.2 Å². The molecule has 0 N–H and O–H groups in total. The second kappa shape index (κ2) is 14.6. The average Bonchev–Trinajstić information content (AvgIpc) is 3.30. The molecule has 1 amide bonds. The van der Waals surface area contributed by atoms with Crippen molar-refractivity contribution in [2.24, 2.45) is 23.7 Å². The molecule has 4 heterocycles. The Morgan fingerprint density at radius 3 is 2.18 bits per heavy atom. The summed E-state index contributed by atoms with van der Waals surface area (Å²) in [4.78, 5) is 44.0. The summed E-state index contributed by atoms with van der Waals surface area (Å²) in [6.45, 7) is 18.1. The molecule has 14 nitrogen and oxygen atoms in total. The second-order valence-electron chi connectivity index (χ2n) is 16.1. The smallest absolute Gasteiger partial charge is 0.425 e. The van der Waals surface area contributed by atoms with Gasteiger partial charge in [0.05, 0.1) is 23.7 Å². The standard InChI is InChI=1S/C36H62N4O10/c1-16-25-36(10)29-21(4)26(40(44)34(7,8)38(13)39(29)33(43)50-36)19(2)18-35(9,46-15)30(22(5)27(41)23(6)31(42)48-25)49-32-28(45-14)24(37(11)12)17-20(3)47-32/h19-25,28-30,32H,16-18H2,1-15H3/t19?,20?,21-,22?,23?,24?,25+,28?,29+,30?,32?,35?,36?/m0/s1. The fourth-order valence-corrected chi connectivity index (χ4v) is 9.00. The maximum atomic E-state index is 14.6. The number of rotatable bonds is 6. The predicted octanol–water partition coefficient (Wildman–Crippen LogP) is 3.82. The Morgan fingerprint density at radius 2 is 1.64 bits per heavy atom. The summed E-state index contributed by atoms with van der Waals surface area (Å²) in [7, 11) is 8.81. The normalized spacial score (nSPS) is 43.4. The number of fused-ring (bicyclic) bond motifs is 1. The first-order valence-electron chi connectivity index (χ1n) is 18.0. The molecule has 0 aromatic heterocycles. The van der Waals surface area contributed by atoms with Gasteiger partial charge >= 0.3 is 12.1 Å². The number of cyclic esters (lactones) is 1. The molecule has 10 unspecified atom stereocenters. The van der Waals surface area contributed by atoms with E-state index in [9.17, 15) is 19.6 Å². The molecule has 13 atom stereocenters. The van der Waals surface area contributed by atoms with Gasteiger partial charge in [0.25, 0.3) is 0 Å². The summed E-state index contributed by atoms with van der Waals surface area (Å²) in [6, 6.07) is -0.750. The second-order valence-corrected chi connectivity index (χ2v) is 16.1. The molecule has 0 aliphatic carbocycles. The molecule has 0 saturated carbocycles. The number of ether oxygens (including phenoxy) is 6.